The Labute approximate surface area is 179 Å². The van der Waals surface area contributed by atoms with Gasteiger partial charge in [-0.05, 0) is 54.8 Å². The number of benzene rings is 3. The third kappa shape index (κ3) is 4.58. The molecule has 0 amide bonds. The summed E-state index contributed by atoms with van der Waals surface area (Å²) in [6, 6.07) is 28.7. The molecule has 156 valence electrons. The number of rotatable bonds is 8. The smallest absolute Gasteiger partial charge is 0.118 e. The minimum atomic E-state index is -1.03. The second-order valence-corrected chi connectivity index (χ2v) is 8.29. The lowest BCUT2D eigenvalue weighted by atomic mass is 9.73. The Kier molecular flexibility index (Phi) is 6.51. The zero-order valence-corrected chi connectivity index (χ0v) is 17.7. The third-order valence-corrected chi connectivity index (χ3v) is 6.32. The van der Waals surface area contributed by atoms with Gasteiger partial charge in [0.05, 0.1) is 7.11 Å². The molecule has 1 fully saturated rings. The van der Waals surface area contributed by atoms with Crippen LogP contribution in [0.4, 0.5) is 0 Å². The van der Waals surface area contributed by atoms with E-state index in [1.54, 1.807) is 7.11 Å². The fraction of sp³-hybridized carbons (Fsp3) is 0.333. The van der Waals surface area contributed by atoms with Crippen molar-refractivity contribution in [1.29, 1.82) is 0 Å². The fourth-order valence-corrected chi connectivity index (χ4v) is 4.65. The lowest BCUT2D eigenvalue weighted by Gasteiger charge is -2.39. The number of methoxy groups -OCH3 is 1. The Hall–Kier alpha value is -2.62. The summed E-state index contributed by atoms with van der Waals surface area (Å²) in [4.78, 5) is 2.50. The molecule has 3 heteroatoms. The van der Waals surface area contributed by atoms with Gasteiger partial charge in [0.15, 0.2) is 0 Å². The summed E-state index contributed by atoms with van der Waals surface area (Å²) in [5, 5.41) is 12.4. The van der Waals surface area contributed by atoms with Gasteiger partial charge in [-0.1, -0.05) is 72.8 Å². The number of hydrogen-bond acceptors (Lipinski definition) is 3. The minimum absolute atomic E-state index is 0.0367. The van der Waals surface area contributed by atoms with Crippen molar-refractivity contribution in [1.82, 2.24) is 4.90 Å². The summed E-state index contributed by atoms with van der Waals surface area (Å²) in [5.41, 5.74) is 2.22. The normalized spacial score (nSPS) is 17.4. The van der Waals surface area contributed by atoms with Gasteiger partial charge in [-0.2, -0.15) is 0 Å². The molecular formula is C27H31NO2. The van der Waals surface area contributed by atoms with Gasteiger partial charge in [0.2, 0.25) is 0 Å². The highest BCUT2D eigenvalue weighted by Crippen LogP contribution is 2.41. The van der Waals surface area contributed by atoms with Crippen LogP contribution in [0.1, 0.15) is 35.4 Å². The maximum absolute atomic E-state index is 12.4. The Balaban J connectivity index is 1.78. The second-order valence-electron chi connectivity index (χ2n) is 8.29. The van der Waals surface area contributed by atoms with Gasteiger partial charge in [-0.3, -0.25) is 0 Å². The summed E-state index contributed by atoms with van der Waals surface area (Å²) in [7, 11) is 1.67. The lowest BCUT2D eigenvalue weighted by Crippen LogP contribution is -2.42. The van der Waals surface area contributed by atoms with Crippen molar-refractivity contribution in [2.75, 3.05) is 26.7 Å². The Morgan fingerprint density at radius 2 is 1.47 bits per heavy atom. The molecule has 1 saturated heterocycles. The van der Waals surface area contributed by atoms with Crippen LogP contribution in [0.5, 0.6) is 5.75 Å². The van der Waals surface area contributed by atoms with E-state index in [2.05, 4.69) is 41.3 Å². The molecular weight excluding hydrogens is 370 g/mol. The van der Waals surface area contributed by atoms with Crippen LogP contribution < -0.4 is 4.74 Å². The molecule has 3 aromatic rings. The molecule has 1 heterocycles. The first-order valence-electron chi connectivity index (χ1n) is 10.9. The first kappa shape index (κ1) is 20.6. The maximum atomic E-state index is 12.4. The molecule has 1 N–H and O–H groups in total. The molecule has 1 aliphatic rings. The van der Waals surface area contributed by atoms with Gasteiger partial charge in [0, 0.05) is 18.9 Å². The first-order valence-corrected chi connectivity index (χ1v) is 10.9. The zero-order valence-electron chi connectivity index (χ0n) is 17.7. The summed E-state index contributed by atoms with van der Waals surface area (Å²) in [6.45, 7) is 3.06. The number of hydrogen-bond donors (Lipinski definition) is 1. The standard InChI is InChI=1S/C27H31NO2/c1-30-25-16-14-24(15-17-25)27(29,20-22-10-4-2-5-11-22)26(21-28-18-8-9-19-28)23-12-6-3-7-13-23/h2-7,10-17,26,29H,8-9,18-21H2,1H3/t26-,27+/m0/s1. The van der Waals surface area contributed by atoms with Crippen molar-refractivity contribution in [2.24, 2.45) is 0 Å². The number of likely N-dealkylation sites (tertiary alicyclic amines) is 1. The number of ether oxygens (including phenoxy) is 1. The van der Waals surface area contributed by atoms with Crippen LogP contribution in [0.25, 0.3) is 0 Å². The second kappa shape index (κ2) is 9.46. The minimum Gasteiger partial charge on any atom is -0.497 e. The van der Waals surface area contributed by atoms with Crippen molar-refractivity contribution in [2.45, 2.75) is 30.8 Å². The van der Waals surface area contributed by atoms with E-state index in [1.165, 1.54) is 18.4 Å². The first-order chi connectivity index (χ1) is 14.7. The molecule has 1 aliphatic heterocycles. The molecule has 0 radical (unpaired) electrons. The Bertz CT molecular complexity index is 905. The fourth-order valence-electron chi connectivity index (χ4n) is 4.65. The molecule has 4 rings (SSSR count). The molecule has 0 bridgehead atoms. The summed E-state index contributed by atoms with van der Waals surface area (Å²) >= 11 is 0. The number of aliphatic hydroxyl groups is 1. The molecule has 30 heavy (non-hydrogen) atoms. The van der Waals surface area contributed by atoms with Gasteiger partial charge in [0.25, 0.3) is 0 Å². The topological polar surface area (TPSA) is 32.7 Å². The molecule has 3 aromatic carbocycles. The van der Waals surface area contributed by atoms with Gasteiger partial charge in [0.1, 0.15) is 11.4 Å². The Morgan fingerprint density at radius 3 is 2.07 bits per heavy atom. The lowest BCUT2D eigenvalue weighted by molar-refractivity contribution is -0.00292. The van der Waals surface area contributed by atoms with E-state index < -0.39 is 5.60 Å². The predicted octanol–water partition coefficient (Wildman–Crippen LogP) is 5.01. The number of nitrogens with zero attached hydrogens (tertiary/aromatic N) is 1. The quantitative estimate of drug-likeness (QED) is 0.576. The van der Waals surface area contributed by atoms with Crippen molar-refractivity contribution >= 4 is 0 Å². The Morgan fingerprint density at radius 1 is 0.867 bits per heavy atom. The van der Waals surface area contributed by atoms with E-state index in [-0.39, 0.29) is 5.92 Å². The molecule has 0 spiro atoms. The molecule has 0 aromatic heterocycles. The van der Waals surface area contributed by atoms with Gasteiger partial charge >= 0.3 is 0 Å². The highest BCUT2D eigenvalue weighted by molar-refractivity contribution is 5.37. The van der Waals surface area contributed by atoms with Gasteiger partial charge < -0.3 is 14.7 Å². The molecule has 0 saturated carbocycles. The third-order valence-electron chi connectivity index (χ3n) is 6.32. The van der Waals surface area contributed by atoms with Crippen LogP contribution in [-0.4, -0.2) is 36.8 Å². The van der Waals surface area contributed by atoms with Crippen molar-refractivity contribution in [3.05, 3.63) is 102 Å². The summed E-state index contributed by atoms with van der Waals surface area (Å²) < 4.78 is 5.36. The van der Waals surface area contributed by atoms with E-state index in [0.29, 0.717) is 6.42 Å². The predicted molar refractivity (Wildman–Crippen MR) is 122 cm³/mol. The molecule has 0 unspecified atom stereocenters. The average Bonchev–Trinajstić information content (AvgIpc) is 3.32. The maximum Gasteiger partial charge on any atom is 0.118 e. The van der Waals surface area contributed by atoms with Crippen molar-refractivity contribution < 1.29 is 9.84 Å². The average molecular weight is 402 g/mol. The SMILES string of the molecule is COc1ccc([C@](O)(Cc2ccccc2)[C@@H](CN2CCCC2)c2ccccc2)cc1. The summed E-state index contributed by atoms with van der Waals surface area (Å²) in [6.07, 6.45) is 3.04. The largest absolute Gasteiger partial charge is 0.497 e. The highest BCUT2D eigenvalue weighted by atomic mass is 16.5. The van der Waals surface area contributed by atoms with Crippen LogP contribution in [0.15, 0.2) is 84.9 Å². The van der Waals surface area contributed by atoms with E-state index in [0.717, 1.165) is 36.5 Å². The molecule has 3 nitrogen and oxygen atoms in total. The monoisotopic (exact) mass is 401 g/mol. The van der Waals surface area contributed by atoms with Crippen molar-refractivity contribution in [3.8, 4) is 5.75 Å². The van der Waals surface area contributed by atoms with Crippen LogP contribution in [0.3, 0.4) is 0 Å². The summed E-state index contributed by atoms with van der Waals surface area (Å²) in [5.74, 6) is 0.766. The van der Waals surface area contributed by atoms with Crippen molar-refractivity contribution in [3.63, 3.8) is 0 Å². The van der Waals surface area contributed by atoms with E-state index >= 15 is 0 Å². The van der Waals surface area contributed by atoms with Crippen LogP contribution in [0.2, 0.25) is 0 Å². The zero-order chi connectivity index (χ0) is 20.8. The van der Waals surface area contributed by atoms with E-state index in [9.17, 15) is 5.11 Å². The molecule has 0 aliphatic carbocycles. The molecule has 2 atom stereocenters. The highest BCUT2D eigenvalue weighted by Gasteiger charge is 2.40. The van der Waals surface area contributed by atoms with Crippen LogP contribution in [-0.2, 0) is 12.0 Å². The van der Waals surface area contributed by atoms with Gasteiger partial charge in [-0.15, -0.1) is 0 Å². The van der Waals surface area contributed by atoms with Crippen LogP contribution in [0, 0.1) is 0 Å². The van der Waals surface area contributed by atoms with E-state index in [4.69, 9.17) is 4.74 Å². The van der Waals surface area contributed by atoms with E-state index in [1.807, 2.05) is 48.5 Å². The van der Waals surface area contributed by atoms with Gasteiger partial charge in [-0.25, -0.2) is 0 Å². The van der Waals surface area contributed by atoms with Crippen LogP contribution >= 0.6 is 0 Å².